The van der Waals surface area contributed by atoms with Crippen molar-refractivity contribution in [2.75, 3.05) is 20.2 Å². The fraction of sp³-hybridized carbons (Fsp3) is 0.278. The van der Waals surface area contributed by atoms with Gasteiger partial charge in [-0.25, -0.2) is 0 Å². The molecule has 0 aromatic heterocycles. The van der Waals surface area contributed by atoms with Crippen LogP contribution >= 0.6 is 0 Å². The summed E-state index contributed by atoms with van der Waals surface area (Å²) in [6.45, 7) is 2.75. The van der Waals surface area contributed by atoms with Gasteiger partial charge in [-0.2, -0.15) is 5.26 Å². The minimum absolute atomic E-state index is 0.862. The number of hydrogen-bond donors (Lipinski definition) is 0. The highest BCUT2D eigenvalue weighted by Gasteiger charge is 2.11. The predicted molar refractivity (Wildman–Crippen MR) is 84.1 cm³/mol. The highest BCUT2D eigenvalue weighted by molar-refractivity contribution is 5.84. The first-order valence-electron chi connectivity index (χ1n) is 7.16. The van der Waals surface area contributed by atoms with Crippen molar-refractivity contribution in [1.82, 2.24) is 4.90 Å². The van der Waals surface area contributed by atoms with Gasteiger partial charge in [-0.1, -0.05) is 24.3 Å². The van der Waals surface area contributed by atoms with E-state index in [0.717, 1.165) is 37.4 Å². The molecule has 0 atom stereocenters. The molecule has 2 aromatic rings. The lowest BCUT2D eigenvalue weighted by Crippen LogP contribution is -2.28. The molecule has 106 valence electrons. The van der Waals surface area contributed by atoms with E-state index < -0.39 is 0 Å². The normalized spacial score (nSPS) is 15.5. The number of benzene rings is 2. The van der Waals surface area contributed by atoms with Gasteiger partial charge in [-0.3, -0.25) is 4.90 Å². The van der Waals surface area contributed by atoms with Gasteiger partial charge in [-0.05, 0) is 41.0 Å². The molecule has 0 N–H and O–H groups in total. The van der Waals surface area contributed by atoms with Crippen molar-refractivity contribution in [2.45, 2.75) is 13.0 Å². The zero-order chi connectivity index (χ0) is 14.7. The van der Waals surface area contributed by atoms with Gasteiger partial charge in [-0.15, -0.1) is 0 Å². The molecule has 0 saturated carbocycles. The van der Waals surface area contributed by atoms with E-state index in [-0.39, 0.29) is 0 Å². The molecular formula is C18H18N2O. The Balaban J connectivity index is 1.76. The van der Waals surface area contributed by atoms with Crippen LogP contribution in [-0.4, -0.2) is 25.1 Å². The van der Waals surface area contributed by atoms with E-state index in [1.54, 1.807) is 7.11 Å². The average molecular weight is 278 g/mol. The van der Waals surface area contributed by atoms with Crippen LogP contribution in [0.3, 0.4) is 0 Å². The van der Waals surface area contributed by atoms with Gasteiger partial charge in [0.1, 0.15) is 5.75 Å². The molecule has 0 unspecified atom stereocenters. The van der Waals surface area contributed by atoms with Gasteiger partial charge in [0, 0.05) is 25.2 Å². The monoisotopic (exact) mass is 278 g/mol. The molecule has 1 heterocycles. The number of rotatable bonds is 3. The molecule has 3 heteroatoms. The van der Waals surface area contributed by atoms with Gasteiger partial charge in [0.2, 0.25) is 0 Å². The lowest BCUT2D eigenvalue weighted by atomic mass is 10.0. The fourth-order valence-corrected chi connectivity index (χ4v) is 2.71. The van der Waals surface area contributed by atoms with E-state index in [2.05, 4.69) is 41.3 Å². The Labute approximate surface area is 125 Å². The fourth-order valence-electron chi connectivity index (χ4n) is 2.71. The maximum absolute atomic E-state index is 8.88. The molecule has 0 bridgehead atoms. The number of hydrogen-bond acceptors (Lipinski definition) is 3. The van der Waals surface area contributed by atoms with Crippen LogP contribution in [0.15, 0.2) is 48.0 Å². The smallest absolute Gasteiger partial charge is 0.119 e. The highest BCUT2D eigenvalue weighted by Crippen LogP contribution is 2.23. The van der Waals surface area contributed by atoms with Crippen LogP contribution in [0, 0.1) is 11.3 Å². The summed E-state index contributed by atoms with van der Waals surface area (Å²) in [7, 11) is 1.69. The second-order valence-electron chi connectivity index (χ2n) is 5.37. The molecule has 3 rings (SSSR count). The Morgan fingerprint density at radius 1 is 1.19 bits per heavy atom. The summed E-state index contributed by atoms with van der Waals surface area (Å²) >= 11 is 0. The molecular weight excluding hydrogens is 260 g/mol. The van der Waals surface area contributed by atoms with Crippen LogP contribution in [0.1, 0.15) is 12.0 Å². The minimum atomic E-state index is 0.862. The molecule has 0 spiro atoms. The molecule has 2 aromatic carbocycles. The second kappa shape index (κ2) is 5.99. The first-order chi connectivity index (χ1) is 10.3. The zero-order valence-electron chi connectivity index (χ0n) is 12.2. The Morgan fingerprint density at radius 3 is 2.71 bits per heavy atom. The third-order valence-electron chi connectivity index (χ3n) is 3.95. The van der Waals surface area contributed by atoms with Crippen LogP contribution in [0.4, 0.5) is 0 Å². The predicted octanol–water partition coefficient (Wildman–Crippen LogP) is 3.50. The number of nitrogens with zero attached hydrogens (tertiary/aromatic N) is 2. The van der Waals surface area contributed by atoms with Crippen molar-refractivity contribution in [3.63, 3.8) is 0 Å². The second-order valence-corrected chi connectivity index (χ2v) is 5.37. The molecule has 21 heavy (non-hydrogen) atoms. The van der Waals surface area contributed by atoms with Crippen molar-refractivity contribution in [3.05, 3.63) is 53.6 Å². The Hall–Kier alpha value is -2.31. The summed E-state index contributed by atoms with van der Waals surface area (Å²) in [6.07, 6.45) is 2.90. The van der Waals surface area contributed by atoms with Gasteiger partial charge < -0.3 is 4.74 Å². The van der Waals surface area contributed by atoms with Gasteiger partial charge >= 0.3 is 0 Å². The molecule has 1 aliphatic heterocycles. The van der Waals surface area contributed by atoms with E-state index in [0.29, 0.717) is 0 Å². The molecule has 3 nitrogen and oxygen atoms in total. The van der Waals surface area contributed by atoms with E-state index in [1.165, 1.54) is 16.3 Å². The van der Waals surface area contributed by atoms with Gasteiger partial charge in [0.15, 0.2) is 0 Å². The summed E-state index contributed by atoms with van der Waals surface area (Å²) in [5.74, 6) is 0.889. The van der Waals surface area contributed by atoms with E-state index in [9.17, 15) is 0 Å². The van der Waals surface area contributed by atoms with Crippen molar-refractivity contribution < 1.29 is 4.74 Å². The van der Waals surface area contributed by atoms with Crippen molar-refractivity contribution in [2.24, 2.45) is 0 Å². The van der Waals surface area contributed by atoms with Crippen molar-refractivity contribution in [3.8, 4) is 11.8 Å². The van der Waals surface area contributed by atoms with Crippen molar-refractivity contribution >= 4 is 10.8 Å². The van der Waals surface area contributed by atoms with Crippen molar-refractivity contribution in [1.29, 1.82) is 5.26 Å². The summed E-state index contributed by atoms with van der Waals surface area (Å²) in [5.41, 5.74) is 2.22. The molecule has 0 saturated heterocycles. The molecule has 0 radical (unpaired) electrons. The number of ether oxygens (including phenoxy) is 1. The summed E-state index contributed by atoms with van der Waals surface area (Å²) < 4.78 is 5.25. The number of fused-ring (bicyclic) bond motifs is 1. The Kier molecular flexibility index (Phi) is 3.89. The summed E-state index contributed by atoms with van der Waals surface area (Å²) in [4.78, 5) is 2.37. The van der Waals surface area contributed by atoms with E-state index >= 15 is 0 Å². The average Bonchev–Trinajstić information content (AvgIpc) is 2.55. The number of nitriles is 1. The SMILES string of the molecule is COc1ccc2cc(CN3CC=C(C#N)CC3)ccc2c1. The van der Waals surface area contributed by atoms with E-state index in [1.807, 2.05) is 12.1 Å². The minimum Gasteiger partial charge on any atom is -0.497 e. The lowest BCUT2D eigenvalue weighted by molar-refractivity contribution is 0.288. The summed E-state index contributed by atoms with van der Waals surface area (Å²) in [5, 5.41) is 11.3. The topological polar surface area (TPSA) is 36.3 Å². The maximum Gasteiger partial charge on any atom is 0.119 e. The Morgan fingerprint density at radius 2 is 2.00 bits per heavy atom. The maximum atomic E-state index is 8.88. The van der Waals surface area contributed by atoms with Crippen LogP contribution in [0.5, 0.6) is 5.75 Å². The zero-order valence-corrected chi connectivity index (χ0v) is 12.2. The standard InChI is InChI=1S/C18H18N2O/c1-21-18-5-4-16-10-15(2-3-17(16)11-18)13-20-8-6-14(12-19)7-9-20/h2-6,10-11H,7-9,13H2,1H3. The Bertz CT molecular complexity index is 728. The molecule has 0 amide bonds. The molecule has 0 aliphatic carbocycles. The van der Waals surface area contributed by atoms with Crippen LogP contribution in [0.25, 0.3) is 10.8 Å². The van der Waals surface area contributed by atoms with Crippen LogP contribution < -0.4 is 4.74 Å². The summed E-state index contributed by atoms with van der Waals surface area (Å²) in [6, 6.07) is 14.9. The van der Waals surface area contributed by atoms with Gasteiger partial charge in [0.25, 0.3) is 0 Å². The third kappa shape index (κ3) is 3.07. The third-order valence-corrected chi connectivity index (χ3v) is 3.95. The van der Waals surface area contributed by atoms with Gasteiger partial charge in [0.05, 0.1) is 13.2 Å². The van der Waals surface area contributed by atoms with E-state index in [4.69, 9.17) is 10.00 Å². The first-order valence-corrected chi connectivity index (χ1v) is 7.16. The lowest BCUT2D eigenvalue weighted by Gasteiger charge is -2.24. The van der Waals surface area contributed by atoms with Crippen LogP contribution in [0.2, 0.25) is 0 Å². The molecule has 1 aliphatic rings. The van der Waals surface area contributed by atoms with Crippen LogP contribution in [-0.2, 0) is 6.54 Å². The highest BCUT2D eigenvalue weighted by atomic mass is 16.5. The largest absolute Gasteiger partial charge is 0.497 e. The molecule has 0 fully saturated rings. The number of methoxy groups -OCH3 is 1. The first kappa shape index (κ1) is 13.7. The quantitative estimate of drug-likeness (QED) is 0.862.